The molecular weight excluding hydrogens is 190 g/mol. The Bertz CT molecular complexity index is 171. The first-order chi connectivity index (χ1) is 6.85. The predicted octanol–water partition coefficient (Wildman–Crippen LogP) is 3.04. The molecule has 0 unspecified atom stereocenters. The molecule has 82 valence electrons. The van der Waals surface area contributed by atoms with Gasteiger partial charge < -0.3 is 5.73 Å². The van der Waals surface area contributed by atoms with E-state index in [1.807, 2.05) is 0 Å². The van der Waals surface area contributed by atoms with Crippen molar-refractivity contribution in [2.24, 2.45) is 17.1 Å². The van der Waals surface area contributed by atoms with Crippen LogP contribution in [0.15, 0.2) is 0 Å². The average molecular weight is 213 g/mol. The minimum absolute atomic E-state index is 0.692. The highest BCUT2D eigenvalue weighted by atomic mass is 32.2. The normalized spacial score (nSPS) is 25.5. The molecule has 0 spiro atoms. The monoisotopic (exact) mass is 213 g/mol. The van der Waals surface area contributed by atoms with Crippen molar-refractivity contribution in [1.82, 2.24) is 0 Å². The van der Waals surface area contributed by atoms with Crippen LogP contribution in [0, 0.1) is 11.3 Å². The largest absolute Gasteiger partial charge is 0.330 e. The van der Waals surface area contributed by atoms with Crippen LogP contribution in [0.25, 0.3) is 0 Å². The van der Waals surface area contributed by atoms with E-state index in [1.165, 1.54) is 56.5 Å². The summed E-state index contributed by atoms with van der Waals surface area (Å²) in [6, 6.07) is 0. The lowest BCUT2D eigenvalue weighted by molar-refractivity contribution is 0.535. The second kappa shape index (κ2) is 4.89. The maximum absolute atomic E-state index is 5.64. The van der Waals surface area contributed by atoms with Gasteiger partial charge in [-0.25, -0.2) is 0 Å². The Morgan fingerprint density at radius 2 is 1.93 bits per heavy atom. The molecule has 2 heteroatoms. The second-order valence-electron chi connectivity index (χ2n) is 5.20. The molecule has 2 N–H and O–H groups in total. The zero-order valence-corrected chi connectivity index (χ0v) is 9.95. The van der Waals surface area contributed by atoms with E-state index in [9.17, 15) is 0 Å². The van der Waals surface area contributed by atoms with Crippen molar-refractivity contribution >= 4 is 11.8 Å². The lowest BCUT2D eigenvalue weighted by Crippen LogP contribution is -2.12. The fraction of sp³-hybridized carbons (Fsp3) is 1.00. The summed E-state index contributed by atoms with van der Waals surface area (Å²) < 4.78 is 0. The maximum atomic E-state index is 5.64. The molecule has 0 bridgehead atoms. The number of hydrogen-bond acceptors (Lipinski definition) is 2. The van der Waals surface area contributed by atoms with Crippen LogP contribution in [0.4, 0.5) is 0 Å². The molecule has 2 aliphatic carbocycles. The van der Waals surface area contributed by atoms with E-state index in [2.05, 4.69) is 11.8 Å². The van der Waals surface area contributed by atoms with E-state index in [1.54, 1.807) is 0 Å². The van der Waals surface area contributed by atoms with Crippen LogP contribution in [0.5, 0.6) is 0 Å². The van der Waals surface area contributed by atoms with Gasteiger partial charge in [0.05, 0.1) is 0 Å². The van der Waals surface area contributed by atoms with Crippen molar-refractivity contribution in [3.05, 3.63) is 0 Å². The summed E-state index contributed by atoms with van der Waals surface area (Å²) in [6.07, 6.45) is 10.1. The molecule has 0 aromatic carbocycles. The van der Waals surface area contributed by atoms with E-state index in [4.69, 9.17) is 5.73 Å². The van der Waals surface area contributed by atoms with E-state index < -0.39 is 0 Å². The van der Waals surface area contributed by atoms with Gasteiger partial charge in [-0.05, 0) is 61.5 Å². The lowest BCUT2D eigenvalue weighted by Gasteiger charge is -2.15. The first kappa shape index (κ1) is 10.8. The summed E-state index contributed by atoms with van der Waals surface area (Å²) in [5.41, 5.74) is 6.33. The average Bonchev–Trinajstić information content (AvgIpc) is 2.75. The van der Waals surface area contributed by atoms with Gasteiger partial charge in [-0.15, -0.1) is 0 Å². The zero-order valence-electron chi connectivity index (χ0n) is 9.13. The van der Waals surface area contributed by atoms with Crippen molar-refractivity contribution in [1.29, 1.82) is 0 Å². The van der Waals surface area contributed by atoms with Crippen molar-refractivity contribution in [3.8, 4) is 0 Å². The third-order valence-electron chi connectivity index (χ3n) is 3.87. The quantitative estimate of drug-likeness (QED) is 0.734. The Hall–Kier alpha value is 0.310. The molecule has 0 atom stereocenters. The molecule has 2 fully saturated rings. The van der Waals surface area contributed by atoms with E-state index in [0.717, 1.165) is 12.5 Å². The SMILES string of the molecule is NCCC1(CSCC2CCCC2)CC1. The van der Waals surface area contributed by atoms with Gasteiger partial charge in [-0.1, -0.05) is 12.8 Å². The van der Waals surface area contributed by atoms with Gasteiger partial charge in [0.2, 0.25) is 0 Å². The molecule has 0 heterocycles. The highest BCUT2D eigenvalue weighted by Crippen LogP contribution is 2.51. The Balaban J connectivity index is 1.58. The van der Waals surface area contributed by atoms with Gasteiger partial charge in [0.15, 0.2) is 0 Å². The summed E-state index contributed by atoms with van der Waals surface area (Å²) in [6.45, 7) is 0.893. The van der Waals surface area contributed by atoms with Crippen LogP contribution < -0.4 is 5.73 Å². The van der Waals surface area contributed by atoms with Gasteiger partial charge in [-0.2, -0.15) is 11.8 Å². The molecule has 14 heavy (non-hydrogen) atoms. The molecule has 2 rings (SSSR count). The summed E-state index contributed by atoms with van der Waals surface area (Å²) in [4.78, 5) is 0. The molecule has 1 nitrogen and oxygen atoms in total. The predicted molar refractivity (Wildman–Crippen MR) is 64.6 cm³/mol. The van der Waals surface area contributed by atoms with Gasteiger partial charge >= 0.3 is 0 Å². The molecule has 2 saturated carbocycles. The standard InChI is InChI=1S/C12H23NS/c13-8-7-12(5-6-12)10-14-9-11-3-1-2-4-11/h11H,1-10,13H2. The second-order valence-corrected chi connectivity index (χ2v) is 6.23. The molecular formula is C12H23NS. The third kappa shape index (κ3) is 2.90. The smallest absolute Gasteiger partial charge is 0.00102 e. The van der Waals surface area contributed by atoms with E-state index in [0.29, 0.717) is 5.41 Å². The lowest BCUT2D eigenvalue weighted by atomic mass is 10.1. The summed E-state index contributed by atoms with van der Waals surface area (Å²) >= 11 is 2.20. The Morgan fingerprint density at radius 3 is 2.50 bits per heavy atom. The molecule has 0 radical (unpaired) electrons. The Morgan fingerprint density at radius 1 is 1.21 bits per heavy atom. The van der Waals surface area contributed by atoms with Crippen LogP contribution in [0.2, 0.25) is 0 Å². The van der Waals surface area contributed by atoms with Gasteiger partial charge in [0.1, 0.15) is 0 Å². The maximum Gasteiger partial charge on any atom is -0.00102 e. The fourth-order valence-electron chi connectivity index (χ4n) is 2.57. The van der Waals surface area contributed by atoms with Crippen molar-refractivity contribution in [2.45, 2.75) is 44.9 Å². The van der Waals surface area contributed by atoms with Crippen molar-refractivity contribution in [3.63, 3.8) is 0 Å². The molecule has 0 amide bonds. The van der Waals surface area contributed by atoms with Crippen LogP contribution in [-0.2, 0) is 0 Å². The summed E-state index contributed by atoms with van der Waals surface area (Å²) in [5.74, 6) is 3.86. The third-order valence-corrected chi connectivity index (χ3v) is 5.39. The summed E-state index contributed by atoms with van der Waals surface area (Å²) in [5, 5.41) is 0. The van der Waals surface area contributed by atoms with Gasteiger partial charge in [0, 0.05) is 0 Å². The minimum atomic E-state index is 0.692. The number of rotatable bonds is 6. The van der Waals surface area contributed by atoms with Crippen LogP contribution in [-0.4, -0.2) is 18.1 Å². The van der Waals surface area contributed by atoms with Crippen LogP contribution in [0.3, 0.4) is 0 Å². The topological polar surface area (TPSA) is 26.0 Å². The zero-order chi connectivity index (χ0) is 9.86. The molecule has 0 saturated heterocycles. The molecule has 2 aliphatic rings. The minimum Gasteiger partial charge on any atom is -0.330 e. The number of nitrogens with two attached hydrogens (primary N) is 1. The highest BCUT2D eigenvalue weighted by molar-refractivity contribution is 7.99. The fourth-order valence-corrected chi connectivity index (χ4v) is 4.22. The van der Waals surface area contributed by atoms with Crippen LogP contribution >= 0.6 is 11.8 Å². The van der Waals surface area contributed by atoms with Crippen molar-refractivity contribution < 1.29 is 0 Å². The Kier molecular flexibility index (Phi) is 3.78. The van der Waals surface area contributed by atoms with E-state index >= 15 is 0 Å². The first-order valence-corrected chi connectivity index (χ1v) is 7.28. The van der Waals surface area contributed by atoms with E-state index in [-0.39, 0.29) is 0 Å². The van der Waals surface area contributed by atoms with Crippen LogP contribution in [0.1, 0.15) is 44.9 Å². The molecule has 0 aliphatic heterocycles. The Labute approximate surface area is 92.2 Å². The number of thioether (sulfide) groups is 1. The van der Waals surface area contributed by atoms with Crippen molar-refractivity contribution in [2.75, 3.05) is 18.1 Å². The van der Waals surface area contributed by atoms with Gasteiger partial charge in [-0.3, -0.25) is 0 Å². The first-order valence-electron chi connectivity index (χ1n) is 6.12. The highest BCUT2D eigenvalue weighted by Gasteiger charge is 2.41. The number of hydrogen-bond donors (Lipinski definition) is 1. The molecule has 0 aromatic rings. The molecule has 0 aromatic heterocycles. The van der Waals surface area contributed by atoms with Gasteiger partial charge in [0.25, 0.3) is 0 Å². The summed E-state index contributed by atoms with van der Waals surface area (Å²) in [7, 11) is 0.